The van der Waals surface area contributed by atoms with E-state index in [9.17, 15) is 0 Å². The van der Waals surface area contributed by atoms with Crippen molar-refractivity contribution in [1.82, 2.24) is 24.4 Å². The predicted octanol–water partition coefficient (Wildman–Crippen LogP) is 2.94. The zero-order valence-electron chi connectivity index (χ0n) is 14.7. The maximum absolute atomic E-state index is 4.90. The molecule has 27 heavy (non-hydrogen) atoms. The minimum atomic E-state index is 0.792. The molecule has 4 heterocycles. The fourth-order valence-electron chi connectivity index (χ4n) is 3.43. The Morgan fingerprint density at radius 2 is 1.81 bits per heavy atom. The maximum Gasteiger partial charge on any atom is 0.136 e. The Morgan fingerprint density at radius 1 is 0.963 bits per heavy atom. The Kier molecular flexibility index (Phi) is 3.86. The average molecular weight is 354 g/mol. The van der Waals surface area contributed by atoms with Crippen molar-refractivity contribution in [3.8, 4) is 0 Å². The molecule has 6 nitrogen and oxygen atoms in total. The number of pyridine rings is 1. The van der Waals surface area contributed by atoms with E-state index in [-0.39, 0.29) is 0 Å². The SMILES string of the molecule is c1ccc2c(c1)CN(CCc1cn3ccccc3n1)N=C2c1cncnc1. The van der Waals surface area contributed by atoms with Crippen LogP contribution in [-0.2, 0) is 13.0 Å². The smallest absolute Gasteiger partial charge is 0.136 e. The number of benzene rings is 1. The van der Waals surface area contributed by atoms with Crippen LogP contribution in [0.5, 0.6) is 0 Å². The van der Waals surface area contributed by atoms with E-state index in [4.69, 9.17) is 5.10 Å². The number of rotatable bonds is 4. The van der Waals surface area contributed by atoms with E-state index in [2.05, 4.69) is 48.8 Å². The van der Waals surface area contributed by atoms with Crippen LogP contribution in [0.25, 0.3) is 5.65 Å². The molecular formula is C21H18N6. The van der Waals surface area contributed by atoms with Gasteiger partial charge in [0.2, 0.25) is 0 Å². The lowest BCUT2D eigenvalue weighted by Gasteiger charge is -2.27. The van der Waals surface area contributed by atoms with Gasteiger partial charge in [-0.05, 0) is 17.7 Å². The quantitative estimate of drug-likeness (QED) is 0.565. The Labute approximate surface area is 156 Å². The highest BCUT2D eigenvalue weighted by atomic mass is 15.5. The van der Waals surface area contributed by atoms with Crippen molar-refractivity contribution >= 4 is 11.4 Å². The summed E-state index contributed by atoms with van der Waals surface area (Å²) in [6, 6.07) is 14.4. The number of aromatic nitrogens is 4. The second-order valence-corrected chi connectivity index (χ2v) is 6.57. The molecule has 0 fully saturated rings. The van der Waals surface area contributed by atoms with Crippen LogP contribution in [0.1, 0.15) is 22.4 Å². The van der Waals surface area contributed by atoms with Crippen molar-refractivity contribution in [2.45, 2.75) is 13.0 Å². The molecule has 5 rings (SSSR count). The summed E-state index contributed by atoms with van der Waals surface area (Å²) in [7, 11) is 0. The molecule has 1 aromatic carbocycles. The topological polar surface area (TPSA) is 58.7 Å². The second kappa shape index (κ2) is 6.64. The molecule has 0 radical (unpaired) electrons. The van der Waals surface area contributed by atoms with Crippen molar-refractivity contribution in [3.63, 3.8) is 0 Å². The fourth-order valence-corrected chi connectivity index (χ4v) is 3.43. The summed E-state index contributed by atoms with van der Waals surface area (Å²) in [5.41, 5.74) is 6.31. The molecule has 0 saturated heterocycles. The summed E-state index contributed by atoms with van der Waals surface area (Å²) in [6.07, 6.45) is 10.1. The highest BCUT2D eigenvalue weighted by molar-refractivity contribution is 6.13. The largest absolute Gasteiger partial charge is 0.307 e. The van der Waals surface area contributed by atoms with Crippen molar-refractivity contribution in [2.75, 3.05) is 6.54 Å². The van der Waals surface area contributed by atoms with Gasteiger partial charge in [-0.25, -0.2) is 15.0 Å². The molecule has 0 bridgehead atoms. The van der Waals surface area contributed by atoms with Gasteiger partial charge in [0.25, 0.3) is 0 Å². The molecule has 0 spiro atoms. The highest BCUT2D eigenvalue weighted by Gasteiger charge is 2.20. The van der Waals surface area contributed by atoms with Gasteiger partial charge in [-0.2, -0.15) is 5.10 Å². The first-order valence-corrected chi connectivity index (χ1v) is 8.97. The van der Waals surface area contributed by atoms with Gasteiger partial charge in [-0.15, -0.1) is 0 Å². The van der Waals surface area contributed by atoms with Crippen LogP contribution >= 0.6 is 0 Å². The van der Waals surface area contributed by atoms with Gasteiger partial charge in [0.15, 0.2) is 0 Å². The van der Waals surface area contributed by atoms with E-state index in [1.54, 1.807) is 6.33 Å². The molecule has 4 aromatic rings. The standard InChI is InChI=1S/C21H18N6/c1-2-6-19-16(5-1)13-27(25-21(19)17-11-22-15-23-12-17)10-8-18-14-26-9-4-3-7-20(26)24-18/h1-7,9,11-12,14-15H,8,10,13H2. The molecule has 0 atom stereocenters. The third-order valence-corrected chi connectivity index (χ3v) is 4.74. The van der Waals surface area contributed by atoms with Crippen LogP contribution in [0.15, 0.2) is 78.7 Å². The van der Waals surface area contributed by atoms with E-state index >= 15 is 0 Å². The molecule has 1 aliphatic rings. The van der Waals surface area contributed by atoms with Gasteiger partial charge in [-0.3, -0.25) is 5.01 Å². The Morgan fingerprint density at radius 3 is 2.70 bits per heavy atom. The summed E-state index contributed by atoms with van der Waals surface area (Å²) >= 11 is 0. The van der Waals surface area contributed by atoms with E-state index in [0.29, 0.717) is 0 Å². The number of fused-ring (bicyclic) bond motifs is 2. The van der Waals surface area contributed by atoms with Gasteiger partial charge in [0.1, 0.15) is 17.7 Å². The lowest BCUT2D eigenvalue weighted by atomic mass is 9.97. The Balaban J connectivity index is 1.42. The van der Waals surface area contributed by atoms with Gasteiger partial charge >= 0.3 is 0 Å². The van der Waals surface area contributed by atoms with E-state index in [1.165, 1.54) is 5.56 Å². The third-order valence-electron chi connectivity index (χ3n) is 4.74. The molecule has 0 unspecified atom stereocenters. The van der Waals surface area contributed by atoms with Crippen LogP contribution in [0, 0.1) is 0 Å². The normalized spacial score (nSPS) is 13.5. The van der Waals surface area contributed by atoms with Crippen LogP contribution in [0.2, 0.25) is 0 Å². The number of hydrazone groups is 1. The van der Waals surface area contributed by atoms with Crippen LogP contribution in [-0.4, -0.2) is 36.6 Å². The van der Waals surface area contributed by atoms with Gasteiger partial charge in [0, 0.05) is 48.9 Å². The summed E-state index contributed by atoms with van der Waals surface area (Å²) in [5.74, 6) is 0. The predicted molar refractivity (Wildman–Crippen MR) is 103 cm³/mol. The van der Waals surface area contributed by atoms with Crippen LogP contribution < -0.4 is 0 Å². The van der Waals surface area contributed by atoms with E-state index in [0.717, 1.165) is 47.7 Å². The fraction of sp³-hybridized carbons (Fsp3) is 0.143. The van der Waals surface area contributed by atoms with E-state index in [1.807, 2.05) is 42.9 Å². The molecular weight excluding hydrogens is 336 g/mol. The Bertz CT molecular complexity index is 1080. The maximum atomic E-state index is 4.90. The monoisotopic (exact) mass is 354 g/mol. The molecule has 0 amide bonds. The third kappa shape index (κ3) is 3.06. The molecule has 3 aromatic heterocycles. The second-order valence-electron chi connectivity index (χ2n) is 6.57. The first kappa shape index (κ1) is 15.7. The van der Waals surface area contributed by atoms with Crippen molar-refractivity contribution in [1.29, 1.82) is 0 Å². The lowest BCUT2D eigenvalue weighted by molar-refractivity contribution is 0.278. The minimum absolute atomic E-state index is 0.792. The lowest BCUT2D eigenvalue weighted by Crippen LogP contribution is -2.28. The Hall–Kier alpha value is -3.54. The van der Waals surface area contributed by atoms with Gasteiger partial charge in [-0.1, -0.05) is 30.3 Å². The zero-order chi connectivity index (χ0) is 18.1. The number of hydrogen-bond donors (Lipinski definition) is 0. The zero-order valence-corrected chi connectivity index (χ0v) is 14.7. The van der Waals surface area contributed by atoms with Crippen molar-refractivity contribution in [2.24, 2.45) is 5.10 Å². The number of imidazole rings is 1. The number of hydrogen-bond acceptors (Lipinski definition) is 5. The summed E-state index contributed by atoms with van der Waals surface area (Å²) in [6.45, 7) is 1.59. The van der Waals surface area contributed by atoms with Crippen molar-refractivity contribution in [3.05, 3.63) is 96.0 Å². The molecule has 0 aliphatic carbocycles. The first-order valence-electron chi connectivity index (χ1n) is 8.97. The van der Waals surface area contributed by atoms with Crippen LogP contribution in [0.3, 0.4) is 0 Å². The minimum Gasteiger partial charge on any atom is -0.307 e. The summed E-state index contributed by atoms with van der Waals surface area (Å²) < 4.78 is 2.05. The highest BCUT2D eigenvalue weighted by Crippen LogP contribution is 2.22. The summed E-state index contributed by atoms with van der Waals surface area (Å²) in [4.78, 5) is 13.0. The van der Waals surface area contributed by atoms with Gasteiger partial charge in [0.05, 0.1) is 12.2 Å². The first-order chi connectivity index (χ1) is 13.4. The molecule has 6 heteroatoms. The number of nitrogens with zero attached hydrogens (tertiary/aromatic N) is 6. The van der Waals surface area contributed by atoms with Crippen molar-refractivity contribution < 1.29 is 0 Å². The van der Waals surface area contributed by atoms with E-state index < -0.39 is 0 Å². The molecule has 0 saturated carbocycles. The molecule has 132 valence electrons. The van der Waals surface area contributed by atoms with Crippen LogP contribution in [0.4, 0.5) is 0 Å². The average Bonchev–Trinajstić information content (AvgIpc) is 3.15. The molecule has 1 aliphatic heterocycles. The summed E-state index contributed by atoms with van der Waals surface area (Å²) in [5, 5.41) is 7.00. The van der Waals surface area contributed by atoms with Gasteiger partial charge < -0.3 is 4.40 Å². The molecule has 0 N–H and O–H groups in total.